The molecule has 86 heavy (non-hydrogen) atoms. The summed E-state index contributed by atoms with van der Waals surface area (Å²) >= 11 is 14.3. The molecule has 3 fully saturated rings. The summed E-state index contributed by atoms with van der Waals surface area (Å²) in [6, 6.07) is 11.3. The van der Waals surface area contributed by atoms with E-state index in [1.165, 1.54) is 82.0 Å². The largest absolute Gasteiger partial charge is 1.00 e. The van der Waals surface area contributed by atoms with Crippen molar-refractivity contribution in [2.45, 2.75) is 68.5 Å². The molecule has 6 aliphatic rings. The van der Waals surface area contributed by atoms with Crippen molar-refractivity contribution in [1.29, 1.82) is 0 Å². The third kappa shape index (κ3) is 19.1. The molecule has 19 nitrogen and oxygen atoms in total. The molecule has 6 atom stereocenters. The van der Waals surface area contributed by atoms with Gasteiger partial charge in [-0.3, -0.25) is 53.1 Å². The van der Waals surface area contributed by atoms with E-state index in [4.69, 9.17) is 18.9 Å². The first-order valence-corrected chi connectivity index (χ1v) is 34.6. The van der Waals surface area contributed by atoms with Crippen molar-refractivity contribution in [2.75, 3.05) is 53.4 Å². The number of hydrogen-bond acceptors (Lipinski definition) is 22. The summed E-state index contributed by atoms with van der Waals surface area (Å²) in [4.78, 5) is 140. The molecule has 28 heteroatoms. The molecule has 6 aliphatic heterocycles. The van der Waals surface area contributed by atoms with Gasteiger partial charge < -0.3 is 28.8 Å². The number of carboxylic acids is 1. The number of halogens is 2. The molecule has 0 spiro atoms. The maximum atomic E-state index is 12.8. The van der Waals surface area contributed by atoms with E-state index < -0.39 is 53.0 Å². The summed E-state index contributed by atoms with van der Waals surface area (Å²) in [7, 11) is 0. The van der Waals surface area contributed by atoms with E-state index in [-0.39, 0.29) is 139 Å². The zero-order valence-electron chi connectivity index (χ0n) is 47.2. The number of β-lactam (4-membered cyclic amide) rings is 3. The molecule has 3 aromatic rings. The topological polar surface area (TPSA) is 257 Å². The van der Waals surface area contributed by atoms with Gasteiger partial charge in [0.2, 0.25) is 17.7 Å². The summed E-state index contributed by atoms with van der Waals surface area (Å²) < 4.78 is 20.8. The summed E-state index contributed by atoms with van der Waals surface area (Å²) in [5.41, 5.74) is 1.99. The van der Waals surface area contributed by atoms with Crippen LogP contribution in [0.4, 0.5) is 0 Å². The first kappa shape index (κ1) is 72.3. The molecule has 0 bridgehead atoms. The van der Waals surface area contributed by atoms with E-state index in [0.717, 1.165) is 30.4 Å². The van der Waals surface area contributed by atoms with Crippen molar-refractivity contribution in [2.24, 2.45) is 17.8 Å². The van der Waals surface area contributed by atoms with Gasteiger partial charge >= 0.3 is 53.4 Å². The summed E-state index contributed by atoms with van der Waals surface area (Å²) in [5.74, 6) is -4.43. The number of ketones is 3. The fourth-order valence-corrected chi connectivity index (χ4v) is 16.7. The predicted octanol–water partition coefficient (Wildman–Crippen LogP) is 4.45. The Bertz CT molecular complexity index is 3130. The number of carbonyl (C=O) groups excluding carboxylic acids is 11. The number of thioether (sulfide) groups is 3. The van der Waals surface area contributed by atoms with Gasteiger partial charge in [-0.15, -0.1) is 75.9 Å². The molecule has 0 radical (unpaired) electrons. The Morgan fingerprint density at radius 1 is 0.570 bits per heavy atom. The number of allylic oxidation sites excluding steroid dienone is 1. The van der Waals surface area contributed by atoms with Crippen LogP contribution in [0.25, 0.3) is 0 Å². The van der Waals surface area contributed by atoms with Gasteiger partial charge in [0.25, 0.3) is 0 Å². The molecule has 3 saturated heterocycles. The van der Waals surface area contributed by atoms with Gasteiger partial charge in [-0.1, -0.05) is 88.1 Å². The molecule has 3 amide bonds. The van der Waals surface area contributed by atoms with Gasteiger partial charge in [0, 0.05) is 105 Å². The van der Waals surface area contributed by atoms with Crippen LogP contribution in [0, 0.1) is 17.8 Å². The summed E-state index contributed by atoms with van der Waals surface area (Å²) in [6.07, 6.45) is 6.12. The number of esters is 4. The quantitative estimate of drug-likeness (QED) is 0.0216. The molecule has 3 aromatic heterocycles. The number of amides is 3. The Hall–Kier alpha value is -4.43. The molecular weight excluding hydrogens is 1420 g/mol. The number of fused-ring (bicyclic) bond motifs is 3. The molecule has 454 valence electrons. The smallest absolute Gasteiger partial charge is 0.543 e. The van der Waals surface area contributed by atoms with Crippen LogP contribution in [0.3, 0.4) is 0 Å². The van der Waals surface area contributed by atoms with Crippen LogP contribution in [0.2, 0.25) is 0 Å². The summed E-state index contributed by atoms with van der Waals surface area (Å²) in [5, 5.41) is 17.3. The van der Waals surface area contributed by atoms with E-state index >= 15 is 0 Å². The fourth-order valence-electron chi connectivity index (χ4n) is 9.30. The molecule has 9 rings (SSSR count). The minimum Gasteiger partial charge on any atom is -0.543 e. The second-order valence-electron chi connectivity index (χ2n) is 19.1. The monoisotopic (exact) mass is 1480 g/mol. The average molecular weight is 1480 g/mol. The molecule has 0 unspecified atom stereocenters. The van der Waals surface area contributed by atoms with Crippen molar-refractivity contribution < 1.29 is 106 Å². The fraction of sp³-hybridized carbons (Fsp3) is 0.397. The van der Waals surface area contributed by atoms with Gasteiger partial charge in [0.15, 0.2) is 0 Å². The third-order valence-electron chi connectivity index (χ3n) is 13.1. The zero-order chi connectivity index (χ0) is 61.9. The van der Waals surface area contributed by atoms with Crippen molar-refractivity contribution in [3.63, 3.8) is 0 Å². The number of thiophene rings is 3. The summed E-state index contributed by atoms with van der Waals surface area (Å²) in [6.45, 7) is 12.8. The van der Waals surface area contributed by atoms with Crippen molar-refractivity contribution >= 4 is 173 Å². The molecule has 9 heterocycles. The van der Waals surface area contributed by atoms with Gasteiger partial charge in [0.1, 0.15) is 55.2 Å². The minimum absolute atomic E-state index is 0. The number of hydrogen-bond donors (Lipinski definition) is 0. The third-order valence-corrected chi connectivity index (χ3v) is 21.3. The zero-order valence-corrected chi connectivity index (χ0v) is 57.8. The van der Waals surface area contributed by atoms with E-state index in [2.05, 4.69) is 58.3 Å². The van der Waals surface area contributed by atoms with Crippen molar-refractivity contribution in [3.05, 3.63) is 139 Å². The SMILES string of the molecule is C=CCBr.C=CCOC(=O)C1=C(CI)CS[C@@H]2[C@H](CC(=O)Cc3cccs3)C(=O)N12.C=CCOC(=O)C1=C(COC(C)=O)CS[C@@H]2[C@H](CC(=O)Cc3cccs3)C(=O)N12.CC(=O)OCC1=C(C(=O)[O-])N2C(=O)[C@@H](CC(=O)Cc3cccs3)[C@H]2SC1.[Na+]. The van der Waals surface area contributed by atoms with Crippen LogP contribution in [0.5, 0.6) is 0 Å². The number of alkyl halides is 2. The van der Waals surface area contributed by atoms with E-state index in [1.54, 1.807) is 29.2 Å². The Balaban J connectivity index is 0.000000227. The second kappa shape index (κ2) is 35.7. The van der Waals surface area contributed by atoms with E-state index in [9.17, 15) is 57.8 Å². The Kier molecular flexibility index (Phi) is 30.0. The second-order valence-corrected chi connectivity index (χ2v) is 26.9. The number of nitrogens with zero attached hydrogens (tertiary/aromatic N) is 3. The van der Waals surface area contributed by atoms with Crippen LogP contribution in [0.1, 0.15) is 47.7 Å². The maximum absolute atomic E-state index is 12.8. The number of carbonyl (C=O) groups is 11. The number of rotatable bonds is 25. The van der Waals surface area contributed by atoms with Gasteiger partial charge in [-0.05, 0) is 39.9 Å². The normalized spacial score (nSPS) is 20.5. The number of aliphatic carboxylic acids is 1. The standard InChI is InChI=1S/C20H21NO6S2.C18H18INO4S2.C17H17NO6S2.C3H5Br.Na/c1-3-6-26-20(25)17-13(10-27-12(2)22)11-29-19-16(18(24)21(17)19)9-14(23)8-15-5-4-7-28-15;1-2-5-24-18(23)15-11(9-19)10-26-17-14(16(22)20(15)17)8-12(21)7-13-4-3-6-25-13;1-9(19)24-7-10-8-26-16-13(15(21)18(16)14(10)17(22)23)6-11(20)5-12-3-2-4-25-12;1-2-3-4;/h3-5,7,16,19H,1,6,8-11H2,2H3;2-4,6,14,17H,1,5,7-10H2;2-4,13,16H,5-8H2,1H3,(H,22,23);2H,1,3H2;/q;;;;+1/p-1/t16-,19-;14-,17-;13-,16-;;/m111../s1. The average Bonchev–Trinajstić information content (AvgIpc) is 0.843. The number of carboxylic acid groups (broad SMARTS) is 1. The number of ether oxygens (including phenoxy) is 4. The van der Waals surface area contributed by atoms with Crippen molar-refractivity contribution in [1.82, 2.24) is 14.7 Å². The molecule has 0 saturated carbocycles. The van der Waals surface area contributed by atoms with Crippen LogP contribution in [0.15, 0.2) is 124 Å². The molecule has 0 N–H and O–H groups in total. The van der Waals surface area contributed by atoms with Crippen molar-refractivity contribution in [3.8, 4) is 0 Å². The molecular formula is C58H60BrIN3NaO16S6. The Labute approximate surface area is 566 Å². The van der Waals surface area contributed by atoms with E-state index in [1.807, 2.05) is 52.5 Å². The first-order chi connectivity index (χ1) is 40.8. The van der Waals surface area contributed by atoms with Gasteiger partial charge in [-0.25, -0.2) is 9.59 Å². The van der Waals surface area contributed by atoms with Crippen LogP contribution >= 0.6 is 108 Å². The number of Topliss-reactive ketones (excluding diaryl/α,β-unsaturated/α-hetero) is 3. The minimum atomic E-state index is -1.48. The van der Waals surface area contributed by atoms with Gasteiger partial charge in [-0.2, -0.15) is 0 Å². The maximum Gasteiger partial charge on any atom is 1.00 e. The van der Waals surface area contributed by atoms with Crippen LogP contribution < -0.4 is 34.7 Å². The van der Waals surface area contributed by atoms with Crippen LogP contribution in [-0.4, -0.2) is 149 Å². The van der Waals surface area contributed by atoms with E-state index in [0.29, 0.717) is 51.4 Å². The van der Waals surface area contributed by atoms with Gasteiger partial charge in [0.05, 0.1) is 45.5 Å². The molecule has 0 aromatic carbocycles. The van der Waals surface area contributed by atoms with Crippen LogP contribution in [-0.2, 0) is 90.9 Å². The predicted molar refractivity (Wildman–Crippen MR) is 337 cm³/mol. The molecule has 0 aliphatic carbocycles. The Morgan fingerprint density at radius 3 is 1.19 bits per heavy atom. The Morgan fingerprint density at radius 2 is 0.895 bits per heavy atom. The first-order valence-electron chi connectivity index (χ1n) is 26.2.